The van der Waals surface area contributed by atoms with Gasteiger partial charge in [-0.1, -0.05) is 11.6 Å². The maximum Gasteiger partial charge on any atom is 0.337 e. The molecule has 0 spiro atoms. The van der Waals surface area contributed by atoms with E-state index in [-0.39, 0.29) is 11.3 Å². The molecule has 7 heteroatoms. The Morgan fingerprint density at radius 2 is 2.19 bits per heavy atom. The third-order valence-corrected chi connectivity index (χ3v) is 2.84. The lowest BCUT2D eigenvalue weighted by Gasteiger charge is -2.10. The highest BCUT2D eigenvalue weighted by Gasteiger charge is 2.12. The molecule has 1 heterocycles. The van der Waals surface area contributed by atoms with Gasteiger partial charge in [0.1, 0.15) is 0 Å². The Hall–Kier alpha value is -2.83. The summed E-state index contributed by atoms with van der Waals surface area (Å²) in [6.45, 7) is 2.72. The number of carbonyl (C=O) groups is 2. The van der Waals surface area contributed by atoms with Crippen LogP contribution in [0.25, 0.3) is 0 Å². The van der Waals surface area contributed by atoms with Crippen molar-refractivity contribution in [2.24, 2.45) is 0 Å². The van der Waals surface area contributed by atoms with Crippen LogP contribution in [-0.4, -0.2) is 33.4 Å². The van der Waals surface area contributed by atoms with Crippen LogP contribution in [0.4, 0.5) is 10.5 Å². The Morgan fingerprint density at radius 1 is 1.38 bits per heavy atom. The molecule has 1 aromatic carbocycles. The van der Waals surface area contributed by atoms with Crippen LogP contribution >= 0.6 is 0 Å². The highest BCUT2D eigenvalue weighted by Crippen LogP contribution is 2.17. The van der Waals surface area contributed by atoms with E-state index in [1.165, 1.54) is 6.07 Å². The van der Waals surface area contributed by atoms with Crippen molar-refractivity contribution in [1.29, 1.82) is 0 Å². The summed E-state index contributed by atoms with van der Waals surface area (Å²) in [5, 5.41) is 18.3. The van der Waals surface area contributed by atoms with Crippen molar-refractivity contribution < 1.29 is 14.7 Å². The average Bonchev–Trinajstić information content (AvgIpc) is 2.94. The number of hydrogen-bond acceptors (Lipinski definition) is 3. The summed E-state index contributed by atoms with van der Waals surface area (Å²) >= 11 is 0. The maximum atomic E-state index is 11.8. The molecule has 7 nitrogen and oxygen atoms in total. The van der Waals surface area contributed by atoms with E-state index in [0.29, 0.717) is 13.1 Å². The van der Waals surface area contributed by atoms with Gasteiger partial charge in [-0.2, -0.15) is 5.10 Å². The molecule has 2 rings (SSSR count). The fourth-order valence-electron chi connectivity index (χ4n) is 1.83. The molecule has 0 unspecified atom stereocenters. The van der Waals surface area contributed by atoms with Gasteiger partial charge in [0.05, 0.1) is 17.8 Å². The van der Waals surface area contributed by atoms with Gasteiger partial charge in [-0.05, 0) is 25.1 Å². The summed E-state index contributed by atoms with van der Waals surface area (Å²) in [6.07, 6.45) is 3.45. The molecule has 21 heavy (non-hydrogen) atoms. The number of amides is 2. The first kappa shape index (κ1) is 14.6. The Balaban J connectivity index is 1.92. The van der Waals surface area contributed by atoms with Crippen LogP contribution in [0.3, 0.4) is 0 Å². The number of benzene rings is 1. The quantitative estimate of drug-likeness (QED) is 0.780. The van der Waals surface area contributed by atoms with E-state index in [1.807, 2.05) is 0 Å². The van der Waals surface area contributed by atoms with E-state index >= 15 is 0 Å². The zero-order valence-corrected chi connectivity index (χ0v) is 11.5. The molecule has 0 aliphatic heterocycles. The fourth-order valence-corrected chi connectivity index (χ4v) is 1.83. The molecule has 0 saturated carbocycles. The fraction of sp³-hybridized carbons (Fsp3) is 0.214. The number of aromatic carboxylic acids is 1. The van der Waals surface area contributed by atoms with Gasteiger partial charge in [-0.3, -0.25) is 4.68 Å². The van der Waals surface area contributed by atoms with E-state index in [2.05, 4.69) is 15.7 Å². The number of hydrogen-bond donors (Lipinski definition) is 3. The van der Waals surface area contributed by atoms with Crippen molar-refractivity contribution in [2.45, 2.75) is 13.5 Å². The van der Waals surface area contributed by atoms with Crippen LogP contribution in [0.5, 0.6) is 0 Å². The molecule has 110 valence electrons. The molecular weight excluding hydrogens is 272 g/mol. The molecule has 0 fully saturated rings. The van der Waals surface area contributed by atoms with Gasteiger partial charge in [-0.15, -0.1) is 0 Å². The normalized spacial score (nSPS) is 10.1. The number of carboxylic acids is 1. The molecule has 0 aliphatic rings. The number of aromatic nitrogens is 2. The average molecular weight is 288 g/mol. The zero-order chi connectivity index (χ0) is 15.2. The lowest BCUT2D eigenvalue weighted by molar-refractivity contribution is 0.0698. The Morgan fingerprint density at radius 3 is 2.86 bits per heavy atom. The first-order chi connectivity index (χ1) is 10.1. The third-order valence-electron chi connectivity index (χ3n) is 2.84. The second-order valence-electron chi connectivity index (χ2n) is 4.50. The first-order valence-corrected chi connectivity index (χ1v) is 6.42. The molecule has 0 atom stereocenters. The number of aryl methyl sites for hydroxylation is 1. The predicted molar refractivity (Wildman–Crippen MR) is 77.4 cm³/mol. The van der Waals surface area contributed by atoms with Crippen LogP contribution < -0.4 is 10.6 Å². The van der Waals surface area contributed by atoms with Crippen LogP contribution in [-0.2, 0) is 6.54 Å². The number of carbonyl (C=O) groups excluding carboxylic acids is 1. The van der Waals surface area contributed by atoms with E-state index in [4.69, 9.17) is 5.11 Å². The lowest BCUT2D eigenvalue weighted by atomic mass is 10.1. The van der Waals surface area contributed by atoms with Crippen molar-refractivity contribution >= 4 is 17.7 Å². The van der Waals surface area contributed by atoms with Gasteiger partial charge in [0.2, 0.25) is 0 Å². The largest absolute Gasteiger partial charge is 0.478 e. The minimum atomic E-state index is -1.08. The number of urea groups is 1. The van der Waals surface area contributed by atoms with Gasteiger partial charge < -0.3 is 15.7 Å². The molecule has 0 saturated heterocycles. The topological polar surface area (TPSA) is 96.3 Å². The monoisotopic (exact) mass is 288 g/mol. The van der Waals surface area contributed by atoms with Crippen molar-refractivity contribution in [1.82, 2.24) is 15.1 Å². The summed E-state index contributed by atoms with van der Waals surface area (Å²) in [5.41, 5.74) is 1.15. The molecule has 2 amide bonds. The Labute approximate surface area is 121 Å². The molecule has 0 radical (unpaired) electrons. The SMILES string of the molecule is Cc1ccc(NC(=O)NCCn2cccn2)c(C(=O)O)c1. The number of nitrogens with one attached hydrogen (secondary N) is 2. The van der Waals surface area contributed by atoms with Crippen molar-refractivity contribution in [3.63, 3.8) is 0 Å². The molecular formula is C14H16N4O3. The van der Waals surface area contributed by atoms with Crippen LogP contribution in [0.15, 0.2) is 36.7 Å². The summed E-state index contributed by atoms with van der Waals surface area (Å²) in [6, 6.07) is 6.18. The number of anilines is 1. The first-order valence-electron chi connectivity index (χ1n) is 6.42. The van der Waals surface area contributed by atoms with E-state index in [1.54, 1.807) is 42.2 Å². The molecule has 3 N–H and O–H groups in total. The molecule has 0 aliphatic carbocycles. The Kier molecular flexibility index (Phi) is 4.55. The zero-order valence-electron chi connectivity index (χ0n) is 11.5. The van der Waals surface area contributed by atoms with Crippen LogP contribution in [0, 0.1) is 6.92 Å². The van der Waals surface area contributed by atoms with Gasteiger partial charge in [0.15, 0.2) is 0 Å². The van der Waals surface area contributed by atoms with Crippen LogP contribution in [0.1, 0.15) is 15.9 Å². The van der Waals surface area contributed by atoms with Crippen LogP contribution in [0.2, 0.25) is 0 Å². The molecule has 1 aromatic heterocycles. The maximum absolute atomic E-state index is 11.8. The van der Waals surface area contributed by atoms with E-state index in [9.17, 15) is 9.59 Å². The number of nitrogens with zero attached hydrogens (tertiary/aromatic N) is 2. The van der Waals surface area contributed by atoms with Crippen molar-refractivity contribution in [2.75, 3.05) is 11.9 Å². The van der Waals surface area contributed by atoms with Gasteiger partial charge in [-0.25, -0.2) is 9.59 Å². The summed E-state index contributed by atoms with van der Waals surface area (Å²) in [5.74, 6) is -1.08. The van der Waals surface area contributed by atoms with Crippen molar-refractivity contribution in [3.8, 4) is 0 Å². The Bertz CT molecular complexity index is 638. The van der Waals surface area contributed by atoms with E-state index in [0.717, 1.165) is 5.56 Å². The summed E-state index contributed by atoms with van der Waals surface area (Å²) < 4.78 is 1.69. The smallest absolute Gasteiger partial charge is 0.337 e. The van der Waals surface area contributed by atoms with Crippen molar-refractivity contribution in [3.05, 3.63) is 47.8 Å². The van der Waals surface area contributed by atoms with Gasteiger partial charge in [0, 0.05) is 18.9 Å². The minimum absolute atomic E-state index is 0.0669. The minimum Gasteiger partial charge on any atom is -0.478 e. The van der Waals surface area contributed by atoms with E-state index < -0.39 is 12.0 Å². The predicted octanol–water partition coefficient (Wildman–Crippen LogP) is 1.71. The highest BCUT2D eigenvalue weighted by molar-refractivity contribution is 6.00. The number of carboxylic acid groups (broad SMARTS) is 1. The standard InChI is InChI=1S/C14H16N4O3/c1-10-3-4-12(11(9-10)13(19)20)17-14(21)15-6-8-18-7-2-5-16-18/h2-5,7,9H,6,8H2,1H3,(H,19,20)(H2,15,17,21). The molecule has 2 aromatic rings. The summed E-state index contributed by atoms with van der Waals surface area (Å²) in [7, 11) is 0. The highest BCUT2D eigenvalue weighted by atomic mass is 16.4. The molecule has 0 bridgehead atoms. The second kappa shape index (κ2) is 6.56. The second-order valence-corrected chi connectivity index (χ2v) is 4.50. The summed E-state index contributed by atoms with van der Waals surface area (Å²) in [4.78, 5) is 22.9. The lowest BCUT2D eigenvalue weighted by Crippen LogP contribution is -2.32. The van der Waals surface area contributed by atoms with Gasteiger partial charge in [0.25, 0.3) is 0 Å². The number of rotatable bonds is 5. The third kappa shape index (κ3) is 4.07. The van der Waals surface area contributed by atoms with Gasteiger partial charge >= 0.3 is 12.0 Å².